The van der Waals surface area contributed by atoms with E-state index in [1.54, 1.807) is 0 Å². The maximum Gasteiger partial charge on any atom is 0.464 e. The fourth-order valence-corrected chi connectivity index (χ4v) is 0.245. The van der Waals surface area contributed by atoms with Gasteiger partial charge in [0.05, 0.1) is 0 Å². The van der Waals surface area contributed by atoms with Gasteiger partial charge in [-0.15, -0.1) is 0 Å². The predicted octanol–water partition coefficient (Wildman–Crippen LogP) is 2.67. The Morgan fingerprint density at radius 2 is 1.33 bits per heavy atom. The van der Waals surface area contributed by atoms with Gasteiger partial charge in [-0.05, 0) is 0 Å². The van der Waals surface area contributed by atoms with Crippen molar-refractivity contribution in [3.8, 4) is 0 Å². The molecule has 0 fully saturated rings. The third kappa shape index (κ3) is 2.00. The number of thioether (sulfide) groups is 1. The van der Waals surface area contributed by atoms with E-state index in [-0.39, 0.29) is 0 Å². The van der Waals surface area contributed by atoms with Crippen molar-refractivity contribution in [2.75, 3.05) is 0 Å². The first-order chi connectivity index (χ1) is 3.81. The number of rotatable bonds is 1. The standard InChI is InChI=1S/C3H2F5S/c1-9-3(7,8)2(4,5)6/h1H2. The molecule has 0 bridgehead atoms. The Morgan fingerprint density at radius 3 is 1.33 bits per heavy atom. The number of halogens is 5. The second kappa shape index (κ2) is 2.32. The Bertz CT molecular complexity index is 94.9. The van der Waals surface area contributed by atoms with Crippen molar-refractivity contribution in [1.82, 2.24) is 0 Å². The minimum Gasteiger partial charge on any atom is -0.184 e. The van der Waals surface area contributed by atoms with E-state index >= 15 is 0 Å². The molecule has 0 spiro atoms. The van der Waals surface area contributed by atoms with Crippen LogP contribution in [0, 0.1) is 6.26 Å². The average molecular weight is 165 g/mol. The Balaban J connectivity index is 4.14. The second-order valence-corrected chi connectivity index (χ2v) is 1.96. The Kier molecular flexibility index (Phi) is 2.32. The van der Waals surface area contributed by atoms with Gasteiger partial charge in [0, 0.05) is 6.26 Å². The monoisotopic (exact) mass is 165 g/mol. The summed E-state index contributed by atoms with van der Waals surface area (Å²) in [6.45, 7) is 0. The molecule has 0 saturated carbocycles. The summed E-state index contributed by atoms with van der Waals surface area (Å²) in [7, 11) is 0. The molecular weight excluding hydrogens is 163 g/mol. The van der Waals surface area contributed by atoms with Crippen molar-refractivity contribution >= 4 is 11.8 Å². The van der Waals surface area contributed by atoms with Crippen LogP contribution in [0.1, 0.15) is 0 Å². The molecule has 1 radical (unpaired) electrons. The minimum atomic E-state index is -5.49. The first kappa shape index (κ1) is 9.00. The summed E-state index contributed by atoms with van der Waals surface area (Å²) in [4.78, 5) is 0. The van der Waals surface area contributed by atoms with Gasteiger partial charge in [0.25, 0.3) is 0 Å². The van der Waals surface area contributed by atoms with Crippen molar-refractivity contribution in [2.45, 2.75) is 11.4 Å². The maximum atomic E-state index is 11.4. The van der Waals surface area contributed by atoms with E-state index in [1.807, 2.05) is 0 Å². The zero-order valence-electron chi connectivity index (χ0n) is 4.01. The van der Waals surface area contributed by atoms with Crippen LogP contribution < -0.4 is 0 Å². The highest BCUT2D eigenvalue weighted by Gasteiger charge is 2.57. The van der Waals surface area contributed by atoms with Crippen LogP contribution in [-0.4, -0.2) is 11.4 Å². The van der Waals surface area contributed by atoms with Gasteiger partial charge < -0.3 is 0 Å². The fourth-order valence-electron chi connectivity index (χ4n) is 0.0818. The molecule has 0 aliphatic carbocycles. The third-order valence-corrected chi connectivity index (χ3v) is 1.11. The normalized spacial score (nSPS) is 14.0. The van der Waals surface area contributed by atoms with Crippen LogP contribution in [0.5, 0.6) is 0 Å². The summed E-state index contributed by atoms with van der Waals surface area (Å²) >= 11 is -0.774. The highest BCUT2D eigenvalue weighted by molar-refractivity contribution is 8.01. The summed E-state index contributed by atoms with van der Waals surface area (Å²) < 4.78 is 55.9. The van der Waals surface area contributed by atoms with E-state index in [4.69, 9.17) is 0 Å². The highest BCUT2D eigenvalue weighted by Crippen LogP contribution is 2.43. The molecule has 0 aliphatic rings. The third-order valence-electron chi connectivity index (χ3n) is 0.511. The molecule has 0 amide bonds. The lowest BCUT2D eigenvalue weighted by Gasteiger charge is -2.15. The maximum absolute atomic E-state index is 11.4. The van der Waals surface area contributed by atoms with Crippen molar-refractivity contribution in [1.29, 1.82) is 0 Å². The van der Waals surface area contributed by atoms with Crippen LogP contribution in [0.4, 0.5) is 22.0 Å². The predicted molar refractivity (Wildman–Crippen MR) is 23.9 cm³/mol. The van der Waals surface area contributed by atoms with E-state index in [0.29, 0.717) is 0 Å². The van der Waals surface area contributed by atoms with Crippen LogP contribution >= 0.6 is 11.8 Å². The van der Waals surface area contributed by atoms with E-state index in [2.05, 4.69) is 6.26 Å². The van der Waals surface area contributed by atoms with Crippen molar-refractivity contribution < 1.29 is 22.0 Å². The Labute approximate surface area is 52.4 Å². The van der Waals surface area contributed by atoms with Gasteiger partial charge in [-0.3, -0.25) is 0 Å². The summed E-state index contributed by atoms with van der Waals surface area (Å²) in [6.07, 6.45) is -3.12. The van der Waals surface area contributed by atoms with Crippen LogP contribution in [0.15, 0.2) is 0 Å². The molecular formula is C3H2F5S. The quantitative estimate of drug-likeness (QED) is 0.538. The lowest BCUT2D eigenvalue weighted by molar-refractivity contribution is -0.237. The summed E-state index contributed by atoms with van der Waals surface area (Å²) in [5, 5.41) is -4.72. The molecule has 6 heteroatoms. The van der Waals surface area contributed by atoms with E-state index in [1.165, 1.54) is 0 Å². The van der Waals surface area contributed by atoms with E-state index < -0.39 is 23.2 Å². The molecule has 0 rings (SSSR count). The minimum absolute atomic E-state index is 0.774. The molecule has 0 nitrogen and oxygen atoms in total. The molecule has 0 aliphatic heterocycles. The first-order valence-electron chi connectivity index (χ1n) is 1.69. The Morgan fingerprint density at radius 1 is 1.00 bits per heavy atom. The topological polar surface area (TPSA) is 0 Å². The van der Waals surface area contributed by atoms with Gasteiger partial charge in [0.15, 0.2) is 0 Å². The molecule has 0 N–H and O–H groups in total. The molecule has 0 atom stereocenters. The molecule has 0 unspecified atom stereocenters. The lowest BCUT2D eigenvalue weighted by atomic mass is 10.7. The zero-order valence-corrected chi connectivity index (χ0v) is 4.82. The van der Waals surface area contributed by atoms with Gasteiger partial charge in [-0.25, -0.2) is 0 Å². The van der Waals surface area contributed by atoms with Crippen molar-refractivity contribution in [2.24, 2.45) is 0 Å². The smallest absolute Gasteiger partial charge is 0.184 e. The van der Waals surface area contributed by atoms with E-state index in [9.17, 15) is 22.0 Å². The SMILES string of the molecule is [CH2]SC(F)(F)C(F)(F)F. The molecule has 55 valence electrons. The first-order valence-corrected chi connectivity index (χ1v) is 2.67. The van der Waals surface area contributed by atoms with Gasteiger partial charge in [-0.1, -0.05) is 11.8 Å². The van der Waals surface area contributed by atoms with Gasteiger partial charge >= 0.3 is 11.4 Å². The zero-order chi connectivity index (χ0) is 7.71. The second-order valence-electron chi connectivity index (χ2n) is 1.16. The van der Waals surface area contributed by atoms with Crippen LogP contribution in [0.2, 0.25) is 0 Å². The van der Waals surface area contributed by atoms with Crippen molar-refractivity contribution in [3.63, 3.8) is 0 Å². The summed E-state index contributed by atoms with van der Waals surface area (Å²) in [6, 6.07) is 0. The molecule has 0 heterocycles. The van der Waals surface area contributed by atoms with Crippen molar-refractivity contribution in [3.05, 3.63) is 6.26 Å². The molecule has 0 aromatic heterocycles. The summed E-state index contributed by atoms with van der Waals surface area (Å²) in [5.41, 5.74) is 0. The van der Waals surface area contributed by atoms with Crippen LogP contribution in [0.3, 0.4) is 0 Å². The average Bonchev–Trinajstić information content (AvgIpc) is 1.64. The number of hydrogen-bond donors (Lipinski definition) is 0. The fraction of sp³-hybridized carbons (Fsp3) is 0.667. The molecule has 0 saturated heterocycles. The van der Waals surface area contributed by atoms with Gasteiger partial charge in [0.1, 0.15) is 0 Å². The molecule has 9 heavy (non-hydrogen) atoms. The molecule has 0 aromatic carbocycles. The summed E-state index contributed by atoms with van der Waals surface area (Å²) in [5.74, 6) is 0. The van der Waals surface area contributed by atoms with E-state index in [0.717, 1.165) is 0 Å². The Hall–Kier alpha value is -0.0000000000000000555. The lowest BCUT2D eigenvalue weighted by Crippen LogP contribution is -2.31. The van der Waals surface area contributed by atoms with Crippen LogP contribution in [-0.2, 0) is 0 Å². The highest BCUT2D eigenvalue weighted by atomic mass is 32.2. The number of alkyl halides is 5. The molecule has 0 aromatic rings. The largest absolute Gasteiger partial charge is 0.464 e. The number of hydrogen-bond acceptors (Lipinski definition) is 1. The van der Waals surface area contributed by atoms with Gasteiger partial charge in [0.2, 0.25) is 0 Å². The van der Waals surface area contributed by atoms with Crippen LogP contribution in [0.25, 0.3) is 0 Å². The van der Waals surface area contributed by atoms with Gasteiger partial charge in [-0.2, -0.15) is 22.0 Å².